The highest BCUT2D eigenvalue weighted by Crippen LogP contribution is 2.25. The summed E-state index contributed by atoms with van der Waals surface area (Å²) in [7, 11) is 1.54. The minimum absolute atomic E-state index is 0.149. The number of carbonyl (C=O) groups excluding carboxylic acids is 4. The Hall–Kier alpha value is -1.37. The number of nitrogens with zero attached hydrogens (tertiary/aromatic N) is 1. The fourth-order valence-electron chi connectivity index (χ4n) is 2.21. The molecule has 1 saturated heterocycles. The summed E-state index contributed by atoms with van der Waals surface area (Å²) >= 11 is 1.21. The molecule has 0 aromatic heterocycles. The van der Waals surface area contributed by atoms with E-state index >= 15 is 0 Å². The Kier molecular flexibility index (Phi) is 8.16. The van der Waals surface area contributed by atoms with Crippen molar-refractivity contribution >= 4 is 35.3 Å². The van der Waals surface area contributed by atoms with Gasteiger partial charge in [-0.25, -0.2) is 0 Å². The summed E-state index contributed by atoms with van der Waals surface area (Å²) < 4.78 is 0. The summed E-state index contributed by atoms with van der Waals surface area (Å²) in [4.78, 5) is 47.7. The number of nitrogens with one attached hydrogen (secondary N) is 1. The summed E-state index contributed by atoms with van der Waals surface area (Å²) in [6.07, 6.45) is 3.67. The van der Waals surface area contributed by atoms with Gasteiger partial charge in [0.25, 0.3) is 0 Å². The van der Waals surface area contributed by atoms with Crippen molar-refractivity contribution in [3.63, 3.8) is 0 Å². The number of hydrogen-bond donors (Lipinski definition) is 1. The van der Waals surface area contributed by atoms with E-state index < -0.39 is 5.25 Å². The second-order valence-corrected chi connectivity index (χ2v) is 6.45. The lowest BCUT2D eigenvalue weighted by molar-refractivity contribution is -0.138. The van der Waals surface area contributed by atoms with Crippen molar-refractivity contribution in [1.82, 2.24) is 10.2 Å². The van der Waals surface area contributed by atoms with Crippen molar-refractivity contribution in [2.75, 3.05) is 19.3 Å². The fraction of sp³-hybridized carbons (Fsp3) is 0.733. The molecule has 3 amide bonds. The molecule has 7 heteroatoms. The Morgan fingerprint density at radius 1 is 1.27 bits per heavy atom. The summed E-state index contributed by atoms with van der Waals surface area (Å²) in [6, 6.07) is 0. The van der Waals surface area contributed by atoms with E-state index in [4.69, 9.17) is 0 Å². The zero-order valence-corrected chi connectivity index (χ0v) is 14.0. The quantitative estimate of drug-likeness (QED) is 0.480. The van der Waals surface area contributed by atoms with Gasteiger partial charge in [-0.15, -0.1) is 11.8 Å². The standard InChI is InChI=1S/C15H24N2O4S/c1-3-11(18)7-5-4-6-8-17-14(20)9-12(15(17)21)22-10-13(19)16-2/h12H,3-10H2,1-2H3,(H,16,19). The number of amides is 3. The van der Waals surface area contributed by atoms with Gasteiger partial charge >= 0.3 is 0 Å². The van der Waals surface area contributed by atoms with Crippen LogP contribution in [0.4, 0.5) is 0 Å². The van der Waals surface area contributed by atoms with Gasteiger partial charge in [0.2, 0.25) is 17.7 Å². The normalized spacial score (nSPS) is 17.9. The van der Waals surface area contributed by atoms with Crippen LogP contribution in [0, 0.1) is 0 Å². The zero-order valence-electron chi connectivity index (χ0n) is 13.2. The number of hydrogen-bond acceptors (Lipinski definition) is 5. The third kappa shape index (κ3) is 5.79. The molecule has 124 valence electrons. The topological polar surface area (TPSA) is 83.6 Å². The van der Waals surface area contributed by atoms with Gasteiger partial charge in [0.15, 0.2) is 0 Å². The number of carbonyl (C=O) groups is 4. The van der Waals surface area contributed by atoms with E-state index in [9.17, 15) is 19.2 Å². The molecular formula is C15H24N2O4S. The highest BCUT2D eigenvalue weighted by Gasteiger charge is 2.38. The van der Waals surface area contributed by atoms with Gasteiger partial charge in [-0.2, -0.15) is 0 Å². The van der Waals surface area contributed by atoms with Crippen LogP contribution in [0.1, 0.15) is 45.4 Å². The van der Waals surface area contributed by atoms with Gasteiger partial charge in [-0.05, 0) is 12.8 Å². The van der Waals surface area contributed by atoms with Gasteiger partial charge in [0.05, 0.1) is 11.0 Å². The lowest BCUT2D eigenvalue weighted by Gasteiger charge is -2.14. The molecule has 22 heavy (non-hydrogen) atoms. The van der Waals surface area contributed by atoms with Gasteiger partial charge < -0.3 is 5.32 Å². The first-order valence-electron chi connectivity index (χ1n) is 7.67. The van der Waals surface area contributed by atoms with Crippen LogP contribution in [-0.2, 0) is 19.2 Å². The van der Waals surface area contributed by atoms with Crippen LogP contribution < -0.4 is 5.32 Å². The molecule has 0 aliphatic carbocycles. The van der Waals surface area contributed by atoms with Crippen molar-refractivity contribution in [1.29, 1.82) is 0 Å². The van der Waals surface area contributed by atoms with Gasteiger partial charge in [0, 0.05) is 32.9 Å². The van der Waals surface area contributed by atoms with Gasteiger partial charge in [-0.1, -0.05) is 13.3 Å². The Morgan fingerprint density at radius 3 is 2.64 bits per heavy atom. The molecule has 0 bridgehead atoms. The van der Waals surface area contributed by atoms with E-state index in [-0.39, 0.29) is 35.7 Å². The largest absolute Gasteiger partial charge is 0.358 e. The molecule has 1 heterocycles. The lowest BCUT2D eigenvalue weighted by Crippen LogP contribution is -2.32. The Balaban J connectivity index is 2.29. The van der Waals surface area contributed by atoms with Crippen LogP contribution >= 0.6 is 11.8 Å². The average Bonchev–Trinajstić information content (AvgIpc) is 2.78. The van der Waals surface area contributed by atoms with Gasteiger partial charge in [-0.3, -0.25) is 24.1 Å². The molecule has 1 aliphatic rings. The number of ketones is 1. The van der Waals surface area contributed by atoms with Gasteiger partial charge in [0.1, 0.15) is 5.78 Å². The van der Waals surface area contributed by atoms with Crippen LogP contribution in [0.2, 0.25) is 0 Å². The molecule has 0 saturated carbocycles. The molecule has 6 nitrogen and oxygen atoms in total. The molecular weight excluding hydrogens is 304 g/mol. The maximum absolute atomic E-state index is 12.1. The number of thioether (sulfide) groups is 1. The van der Waals surface area contributed by atoms with Crippen LogP contribution in [0.3, 0.4) is 0 Å². The monoisotopic (exact) mass is 328 g/mol. The number of rotatable bonds is 10. The average molecular weight is 328 g/mol. The summed E-state index contributed by atoms with van der Waals surface area (Å²) in [5.41, 5.74) is 0. The Labute approximate surface area is 135 Å². The van der Waals surface area contributed by atoms with Crippen LogP contribution in [-0.4, -0.2) is 53.0 Å². The van der Waals surface area contributed by atoms with Crippen LogP contribution in [0.5, 0.6) is 0 Å². The highest BCUT2D eigenvalue weighted by atomic mass is 32.2. The molecule has 0 spiro atoms. The molecule has 1 unspecified atom stereocenters. The van der Waals surface area contributed by atoms with E-state index in [0.717, 1.165) is 19.3 Å². The maximum atomic E-state index is 12.1. The van der Waals surface area contributed by atoms with E-state index in [1.807, 2.05) is 6.92 Å². The van der Waals surface area contributed by atoms with Crippen molar-refractivity contribution in [2.24, 2.45) is 0 Å². The molecule has 1 atom stereocenters. The molecule has 1 rings (SSSR count). The molecule has 0 radical (unpaired) electrons. The predicted molar refractivity (Wildman–Crippen MR) is 85.4 cm³/mol. The molecule has 0 aromatic rings. The van der Waals surface area contributed by atoms with Crippen molar-refractivity contribution in [3.05, 3.63) is 0 Å². The van der Waals surface area contributed by atoms with E-state index in [0.29, 0.717) is 19.4 Å². The lowest BCUT2D eigenvalue weighted by atomic mass is 10.1. The minimum atomic E-state index is -0.438. The molecule has 1 aliphatic heterocycles. The number of imide groups is 1. The SMILES string of the molecule is CCC(=O)CCCCCN1C(=O)CC(SCC(=O)NC)C1=O. The minimum Gasteiger partial charge on any atom is -0.358 e. The summed E-state index contributed by atoms with van der Waals surface area (Å²) in [5, 5.41) is 2.05. The Morgan fingerprint density at radius 2 is 2.00 bits per heavy atom. The molecule has 1 fully saturated rings. The first-order chi connectivity index (χ1) is 10.5. The first-order valence-corrected chi connectivity index (χ1v) is 8.72. The van der Waals surface area contributed by atoms with E-state index in [1.54, 1.807) is 7.05 Å². The third-order valence-corrected chi connectivity index (χ3v) is 4.83. The first kappa shape index (κ1) is 18.7. The predicted octanol–water partition coefficient (Wildman–Crippen LogP) is 1.13. The summed E-state index contributed by atoms with van der Waals surface area (Å²) in [5.74, 6) is -0.0662. The molecule has 1 N–H and O–H groups in total. The summed E-state index contributed by atoms with van der Waals surface area (Å²) in [6.45, 7) is 2.26. The second kappa shape index (κ2) is 9.61. The maximum Gasteiger partial charge on any atom is 0.242 e. The zero-order chi connectivity index (χ0) is 16.5. The van der Waals surface area contributed by atoms with E-state index in [1.165, 1.54) is 16.7 Å². The number of likely N-dealkylation sites (tertiary alicyclic amines) is 1. The van der Waals surface area contributed by atoms with Crippen LogP contribution in [0.15, 0.2) is 0 Å². The van der Waals surface area contributed by atoms with Crippen molar-refractivity contribution in [2.45, 2.75) is 50.7 Å². The van der Waals surface area contributed by atoms with Crippen molar-refractivity contribution < 1.29 is 19.2 Å². The highest BCUT2D eigenvalue weighted by molar-refractivity contribution is 8.01. The fourth-order valence-corrected chi connectivity index (χ4v) is 3.24. The van der Waals surface area contributed by atoms with E-state index in [2.05, 4.69) is 5.32 Å². The number of unbranched alkanes of at least 4 members (excludes halogenated alkanes) is 2. The smallest absolute Gasteiger partial charge is 0.242 e. The van der Waals surface area contributed by atoms with Crippen LogP contribution in [0.25, 0.3) is 0 Å². The Bertz CT molecular complexity index is 439. The third-order valence-electron chi connectivity index (χ3n) is 3.63. The second-order valence-electron chi connectivity index (χ2n) is 5.26. The van der Waals surface area contributed by atoms with Crippen molar-refractivity contribution in [3.8, 4) is 0 Å². The number of Topliss-reactive ketones (excluding diaryl/α,β-unsaturated/α-hetero) is 1. The molecule has 0 aromatic carbocycles.